The van der Waals surface area contributed by atoms with E-state index >= 15 is 0 Å². The molecule has 0 atom stereocenters. The summed E-state index contributed by atoms with van der Waals surface area (Å²) in [7, 11) is 0. The second-order valence-electron chi connectivity index (χ2n) is 2.53. The highest BCUT2D eigenvalue weighted by Crippen LogP contribution is 2.19. The summed E-state index contributed by atoms with van der Waals surface area (Å²) in [6.45, 7) is 0. The number of aromatic nitrogens is 1. The summed E-state index contributed by atoms with van der Waals surface area (Å²) in [6.07, 6.45) is 2.53. The second-order valence-corrected chi connectivity index (χ2v) is 2.89. The van der Waals surface area contributed by atoms with E-state index in [0.717, 1.165) is 17.2 Å². The minimum absolute atomic E-state index is 0.618. The van der Waals surface area contributed by atoms with E-state index in [0.29, 0.717) is 5.56 Å². The van der Waals surface area contributed by atoms with Crippen LogP contribution in [-0.2, 0) is 0 Å². The average Bonchev–Trinajstić information content (AvgIpc) is 2.48. The fourth-order valence-corrected chi connectivity index (χ4v) is 1.53. The van der Waals surface area contributed by atoms with E-state index in [9.17, 15) is 4.79 Å². The van der Waals surface area contributed by atoms with E-state index in [2.05, 4.69) is 0 Å². The van der Waals surface area contributed by atoms with Crippen LogP contribution in [0.2, 0.25) is 0 Å². The van der Waals surface area contributed by atoms with Gasteiger partial charge in [0.25, 0.3) is 0 Å². The molecule has 3 heteroatoms. The Morgan fingerprint density at radius 3 is 2.92 bits per heavy atom. The molecule has 0 aliphatic carbocycles. The number of carbonyl (C=O) groups excluding carboxylic acids is 1. The van der Waals surface area contributed by atoms with Gasteiger partial charge in [-0.1, -0.05) is 12.1 Å². The van der Waals surface area contributed by atoms with Gasteiger partial charge in [0, 0.05) is 28.9 Å². The number of hydrogen-bond acceptors (Lipinski definition) is 1. The standard InChI is InChI=1S/C9H6ClNO/c10-11-5-4-7-2-1-3-8(6-12)9(7)11/h1-6H. The molecular weight excluding hydrogens is 174 g/mol. The molecule has 1 aromatic carbocycles. The van der Waals surface area contributed by atoms with E-state index in [4.69, 9.17) is 11.8 Å². The molecule has 0 unspecified atom stereocenters. The lowest BCUT2D eigenvalue weighted by atomic mass is 10.2. The summed E-state index contributed by atoms with van der Waals surface area (Å²) in [4.78, 5) is 10.6. The summed E-state index contributed by atoms with van der Waals surface area (Å²) in [6, 6.07) is 7.37. The van der Waals surface area contributed by atoms with Gasteiger partial charge in [-0.05, 0) is 12.1 Å². The van der Waals surface area contributed by atoms with Crippen molar-refractivity contribution in [2.75, 3.05) is 0 Å². The molecule has 2 aromatic rings. The largest absolute Gasteiger partial charge is 0.298 e. The topological polar surface area (TPSA) is 22.0 Å². The minimum Gasteiger partial charge on any atom is -0.298 e. The summed E-state index contributed by atoms with van der Waals surface area (Å²) >= 11 is 5.81. The zero-order chi connectivity index (χ0) is 8.55. The van der Waals surface area contributed by atoms with Crippen molar-refractivity contribution in [2.24, 2.45) is 0 Å². The maximum absolute atomic E-state index is 10.6. The Kier molecular flexibility index (Phi) is 1.62. The zero-order valence-corrected chi connectivity index (χ0v) is 6.95. The van der Waals surface area contributed by atoms with E-state index in [1.54, 1.807) is 12.3 Å². The van der Waals surface area contributed by atoms with Gasteiger partial charge >= 0.3 is 0 Å². The van der Waals surface area contributed by atoms with Crippen LogP contribution in [0, 0.1) is 0 Å². The number of para-hydroxylation sites is 1. The molecule has 0 saturated heterocycles. The number of benzene rings is 1. The van der Waals surface area contributed by atoms with Gasteiger partial charge in [-0.15, -0.1) is 0 Å². The Labute approximate surface area is 74.5 Å². The lowest BCUT2D eigenvalue weighted by Gasteiger charge is -1.95. The van der Waals surface area contributed by atoms with Gasteiger partial charge in [0.2, 0.25) is 0 Å². The Morgan fingerprint density at radius 2 is 2.17 bits per heavy atom. The second kappa shape index (κ2) is 2.64. The fraction of sp³-hybridized carbons (Fsp3) is 0. The molecule has 0 fully saturated rings. The van der Waals surface area contributed by atoms with Gasteiger partial charge in [0.1, 0.15) is 0 Å². The van der Waals surface area contributed by atoms with Gasteiger partial charge in [-0.2, -0.15) is 0 Å². The fourth-order valence-electron chi connectivity index (χ4n) is 1.28. The SMILES string of the molecule is O=Cc1cccc2ccn(Cl)c12. The molecule has 0 aliphatic heterocycles. The molecule has 0 bridgehead atoms. The lowest BCUT2D eigenvalue weighted by Crippen LogP contribution is -1.85. The first-order valence-electron chi connectivity index (χ1n) is 3.54. The van der Waals surface area contributed by atoms with Crippen LogP contribution >= 0.6 is 11.8 Å². The molecule has 0 aliphatic rings. The van der Waals surface area contributed by atoms with Gasteiger partial charge in [-0.25, -0.2) is 0 Å². The third-order valence-electron chi connectivity index (χ3n) is 1.82. The highest BCUT2D eigenvalue weighted by Gasteiger charge is 2.03. The van der Waals surface area contributed by atoms with Crippen molar-refractivity contribution in [3.63, 3.8) is 0 Å². The summed E-state index contributed by atoms with van der Waals surface area (Å²) in [5, 5.41) is 0.981. The average molecular weight is 180 g/mol. The number of halogens is 1. The Hall–Kier alpha value is -1.28. The molecule has 1 aromatic heterocycles. The van der Waals surface area contributed by atoms with Crippen LogP contribution in [0.15, 0.2) is 30.5 Å². The predicted octanol–water partition coefficient (Wildman–Crippen LogP) is 2.46. The lowest BCUT2D eigenvalue weighted by molar-refractivity contribution is 0.112. The van der Waals surface area contributed by atoms with Crippen molar-refractivity contribution in [3.8, 4) is 0 Å². The van der Waals surface area contributed by atoms with E-state index in [-0.39, 0.29) is 0 Å². The summed E-state index contributed by atoms with van der Waals surface area (Å²) in [5.41, 5.74) is 1.39. The summed E-state index contributed by atoms with van der Waals surface area (Å²) < 4.78 is 1.43. The predicted molar refractivity (Wildman–Crippen MR) is 48.6 cm³/mol. The molecule has 0 saturated carbocycles. The smallest absolute Gasteiger partial charge is 0.152 e. The van der Waals surface area contributed by atoms with Gasteiger partial charge in [0.05, 0.1) is 5.52 Å². The highest BCUT2D eigenvalue weighted by atomic mass is 35.5. The van der Waals surface area contributed by atoms with E-state index in [1.807, 2.05) is 18.2 Å². The van der Waals surface area contributed by atoms with Crippen molar-refractivity contribution in [1.29, 1.82) is 0 Å². The third kappa shape index (κ3) is 0.924. The first-order valence-corrected chi connectivity index (χ1v) is 3.88. The van der Waals surface area contributed by atoms with Crippen LogP contribution in [-0.4, -0.2) is 10.4 Å². The number of aldehydes is 1. The normalized spacial score (nSPS) is 10.4. The van der Waals surface area contributed by atoms with Gasteiger partial charge < -0.3 is 0 Å². The van der Waals surface area contributed by atoms with Crippen molar-refractivity contribution >= 4 is 29.0 Å². The number of hydrogen-bond donors (Lipinski definition) is 0. The molecular formula is C9H6ClNO. The quantitative estimate of drug-likeness (QED) is 0.617. The zero-order valence-electron chi connectivity index (χ0n) is 6.20. The number of rotatable bonds is 1. The molecule has 60 valence electrons. The molecule has 2 nitrogen and oxygen atoms in total. The Morgan fingerprint density at radius 1 is 1.33 bits per heavy atom. The van der Waals surface area contributed by atoms with Gasteiger partial charge in [-0.3, -0.25) is 8.88 Å². The van der Waals surface area contributed by atoms with Crippen LogP contribution in [0.25, 0.3) is 10.9 Å². The van der Waals surface area contributed by atoms with Crippen molar-refractivity contribution in [1.82, 2.24) is 4.09 Å². The monoisotopic (exact) mass is 179 g/mol. The molecule has 1 heterocycles. The first kappa shape index (κ1) is 7.37. The van der Waals surface area contributed by atoms with Crippen LogP contribution < -0.4 is 0 Å². The number of carbonyl (C=O) groups is 1. The van der Waals surface area contributed by atoms with E-state index in [1.165, 1.54) is 4.09 Å². The summed E-state index contributed by atoms with van der Waals surface area (Å²) in [5.74, 6) is 0. The highest BCUT2D eigenvalue weighted by molar-refractivity contribution is 6.20. The maximum atomic E-state index is 10.6. The van der Waals surface area contributed by atoms with Crippen LogP contribution in [0.4, 0.5) is 0 Å². The number of nitrogens with zero attached hydrogens (tertiary/aromatic N) is 1. The van der Waals surface area contributed by atoms with E-state index < -0.39 is 0 Å². The molecule has 0 spiro atoms. The van der Waals surface area contributed by atoms with Crippen LogP contribution in [0.5, 0.6) is 0 Å². The molecule has 0 N–H and O–H groups in total. The molecule has 2 rings (SSSR count). The van der Waals surface area contributed by atoms with Crippen molar-refractivity contribution in [3.05, 3.63) is 36.0 Å². The number of fused-ring (bicyclic) bond motifs is 1. The van der Waals surface area contributed by atoms with Crippen LogP contribution in [0.3, 0.4) is 0 Å². The minimum atomic E-state index is 0.618. The maximum Gasteiger partial charge on any atom is 0.152 e. The molecule has 0 radical (unpaired) electrons. The molecule has 12 heavy (non-hydrogen) atoms. The Bertz CT molecular complexity index is 433. The van der Waals surface area contributed by atoms with Crippen molar-refractivity contribution in [2.45, 2.75) is 0 Å². The third-order valence-corrected chi connectivity index (χ3v) is 2.11. The Balaban J connectivity index is 2.93. The van der Waals surface area contributed by atoms with Gasteiger partial charge in [0.15, 0.2) is 6.29 Å². The molecule has 0 amide bonds. The van der Waals surface area contributed by atoms with Crippen LogP contribution in [0.1, 0.15) is 10.4 Å². The first-order chi connectivity index (χ1) is 5.83. The van der Waals surface area contributed by atoms with Crippen molar-refractivity contribution < 1.29 is 4.79 Å².